The fourth-order valence-electron chi connectivity index (χ4n) is 1.88. The zero-order valence-electron chi connectivity index (χ0n) is 13.3. The maximum atomic E-state index is 6.00. The topological polar surface area (TPSA) is 94.5 Å². The van der Waals surface area contributed by atoms with Crippen molar-refractivity contribution < 1.29 is 0 Å². The third-order valence-electron chi connectivity index (χ3n) is 3.30. The zero-order chi connectivity index (χ0) is 15.6. The molecule has 0 atom stereocenters. The van der Waals surface area contributed by atoms with Crippen LogP contribution in [-0.2, 0) is 18.5 Å². The van der Waals surface area contributed by atoms with E-state index >= 15 is 0 Å². The van der Waals surface area contributed by atoms with Gasteiger partial charge in [-0.15, -0.1) is 10.2 Å². The molecule has 2 heterocycles. The number of nitrogens with two attached hydrogens (primary N) is 1. The average molecular weight is 289 g/mol. The number of nitrogens with zero attached hydrogens (tertiary/aromatic N) is 5. The van der Waals surface area contributed by atoms with Crippen molar-refractivity contribution in [1.82, 2.24) is 24.7 Å². The van der Waals surface area contributed by atoms with Gasteiger partial charge in [0.05, 0.1) is 6.54 Å². The molecule has 2 rings (SSSR count). The van der Waals surface area contributed by atoms with Gasteiger partial charge >= 0.3 is 0 Å². The van der Waals surface area contributed by atoms with Crippen LogP contribution in [0.4, 0.5) is 11.6 Å². The summed E-state index contributed by atoms with van der Waals surface area (Å²) in [6.45, 7) is 11.5. The third-order valence-corrected chi connectivity index (χ3v) is 3.30. The highest BCUT2D eigenvalue weighted by atomic mass is 15.3. The van der Waals surface area contributed by atoms with Crippen LogP contribution in [0.2, 0.25) is 0 Å². The smallest absolute Gasteiger partial charge is 0.152 e. The molecule has 0 radical (unpaired) electrons. The number of aromatic nitrogens is 5. The molecule has 0 spiro atoms. The molecule has 0 fully saturated rings. The van der Waals surface area contributed by atoms with E-state index in [4.69, 9.17) is 5.73 Å². The summed E-state index contributed by atoms with van der Waals surface area (Å²) in [7, 11) is 0. The molecule has 0 aliphatic carbocycles. The summed E-state index contributed by atoms with van der Waals surface area (Å²) >= 11 is 0. The fraction of sp³-hybridized carbons (Fsp3) is 0.571. The summed E-state index contributed by atoms with van der Waals surface area (Å²) in [6, 6.07) is 0. The predicted octanol–water partition coefficient (Wildman–Crippen LogP) is 1.89. The van der Waals surface area contributed by atoms with E-state index in [1.54, 1.807) is 6.33 Å². The molecule has 0 bridgehead atoms. The molecule has 3 N–H and O–H groups in total. The third kappa shape index (κ3) is 3.29. The highest BCUT2D eigenvalue weighted by Gasteiger charge is 2.20. The Balaban J connectivity index is 2.25. The molecule has 21 heavy (non-hydrogen) atoms. The van der Waals surface area contributed by atoms with Crippen LogP contribution < -0.4 is 11.1 Å². The Bertz CT molecular complexity index is 625. The van der Waals surface area contributed by atoms with E-state index < -0.39 is 0 Å². The van der Waals surface area contributed by atoms with Gasteiger partial charge < -0.3 is 15.6 Å². The van der Waals surface area contributed by atoms with Gasteiger partial charge in [-0.2, -0.15) is 0 Å². The molecular formula is C14H23N7. The highest BCUT2D eigenvalue weighted by molar-refractivity contribution is 5.55. The molecule has 2 aromatic heterocycles. The lowest BCUT2D eigenvalue weighted by atomic mass is 9.95. The number of anilines is 2. The van der Waals surface area contributed by atoms with E-state index in [1.165, 1.54) is 0 Å². The normalized spacial score (nSPS) is 11.7. The summed E-state index contributed by atoms with van der Waals surface area (Å²) in [5, 5.41) is 11.3. The fourth-order valence-corrected chi connectivity index (χ4v) is 1.88. The van der Waals surface area contributed by atoms with Crippen LogP contribution in [0.1, 0.15) is 44.9 Å². The van der Waals surface area contributed by atoms with Crippen LogP contribution in [0.15, 0.2) is 6.33 Å². The van der Waals surface area contributed by atoms with Crippen molar-refractivity contribution in [1.29, 1.82) is 0 Å². The average Bonchev–Trinajstić information content (AvgIpc) is 2.86. The van der Waals surface area contributed by atoms with E-state index in [1.807, 2.05) is 11.5 Å². The number of hydrogen-bond donors (Lipinski definition) is 2. The van der Waals surface area contributed by atoms with Gasteiger partial charge in [0.15, 0.2) is 5.82 Å². The molecule has 2 aromatic rings. The number of hydrogen-bond acceptors (Lipinski definition) is 6. The highest BCUT2D eigenvalue weighted by Crippen LogP contribution is 2.24. The second-order valence-corrected chi connectivity index (χ2v) is 6.04. The first-order valence-corrected chi connectivity index (χ1v) is 7.08. The first-order valence-electron chi connectivity index (χ1n) is 7.08. The maximum Gasteiger partial charge on any atom is 0.152 e. The Morgan fingerprint density at radius 2 is 2.00 bits per heavy atom. The van der Waals surface area contributed by atoms with Crippen LogP contribution >= 0.6 is 0 Å². The van der Waals surface area contributed by atoms with Crippen molar-refractivity contribution in [3.05, 3.63) is 23.5 Å². The summed E-state index contributed by atoms with van der Waals surface area (Å²) in [4.78, 5) is 8.98. The molecule has 0 aliphatic rings. The molecule has 0 saturated heterocycles. The Morgan fingerprint density at radius 1 is 1.29 bits per heavy atom. The number of nitrogens with one attached hydrogen (secondary N) is 1. The minimum absolute atomic E-state index is 0.151. The number of aryl methyl sites for hydroxylation is 1. The summed E-state index contributed by atoms with van der Waals surface area (Å²) in [5.74, 6) is 2.85. The lowest BCUT2D eigenvalue weighted by Crippen LogP contribution is -2.20. The maximum absolute atomic E-state index is 6.00. The van der Waals surface area contributed by atoms with Crippen LogP contribution in [-0.4, -0.2) is 24.7 Å². The van der Waals surface area contributed by atoms with Gasteiger partial charge in [0.2, 0.25) is 0 Å². The summed E-state index contributed by atoms with van der Waals surface area (Å²) in [5.41, 5.74) is 6.70. The van der Waals surface area contributed by atoms with E-state index in [-0.39, 0.29) is 5.41 Å². The van der Waals surface area contributed by atoms with E-state index in [0.29, 0.717) is 12.4 Å². The van der Waals surface area contributed by atoms with Crippen LogP contribution in [0.5, 0.6) is 0 Å². The minimum atomic E-state index is -0.151. The van der Waals surface area contributed by atoms with Gasteiger partial charge in [0.1, 0.15) is 23.8 Å². The SMILES string of the molecule is CCn1cnnc1CNc1nc(C(C)(C)C)nc(N)c1C. The molecule has 0 unspecified atom stereocenters. The standard InChI is InChI=1S/C14H23N7/c1-6-21-8-17-20-10(21)7-16-12-9(2)11(15)18-13(19-12)14(3,4)5/h8H,6-7H2,1-5H3,(H3,15,16,18,19). The second-order valence-electron chi connectivity index (χ2n) is 6.04. The summed E-state index contributed by atoms with van der Waals surface area (Å²) < 4.78 is 1.98. The van der Waals surface area contributed by atoms with Crippen LogP contribution in [0, 0.1) is 6.92 Å². The lowest BCUT2D eigenvalue weighted by molar-refractivity contribution is 0.546. The first kappa shape index (κ1) is 15.2. The second kappa shape index (κ2) is 5.67. The van der Waals surface area contributed by atoms with Crippen molar-refractivity contribution in [2.24, 2.45) is 0 Å². The first-order chi connectivity index (χ1) is 9.82. The molecule has 0 amide bonds. The van der Waals surface area contributed by atoms with Crippen LogP contribution in [0.3, 0.4) is 0 Å². The largest absolute Gasteiger partial charge is 0.383 e. The van der Waals surface area contributed by atoms with Crippen molar-refractivity contribution >= 4 is 11.6 Å². The van der Waals surface area contributed by atoms with Crippen molar-refractivity contribution in [3.8, 4) is 0 Å². The van der Waals surface area contributed by atoms with Gasteiger partial charge in [-0.05, 0) is 13.8 Å². The molecule has 0 aromatic carbocycles. The van der Waals surface area contributed by atoms with Gasteiger partial charge in [-0.25, -0.2) is 9.97 Å². The van der Waals surface area contributed by atoms with Crippen LogP contribution in [0.25, 0.3) is 0 Å². The van der Waals surface area contributed by atoms with Crippen molar-refractivity contribution in [2.75, 3.05) is 11.1 Å². The van der Waals surface area contributed by atoms with Gasteiger partial charge in [-0.1, -0.05) is 20.8 Å². The lowest BCUT2D eigenvalue weighted by Gasteiger charge is -2.19. The molecule has 0 aliphatic heterocycles. The molecule has 7 heteroatoms. The number of nitrogen functional groups attached to an aromatic ring is 1. The van der Waals surface area contributed by atoms with Crippen molar-refractivity contribution in [3.63, 3.8) is 0 Å². The van der Waals surface area contributed by atoms with Gasteiger partial charge in [0, 0.05) is 17.5 Å². The Labute approximate surface area is 125 Å². The Morgan fingerprint density at radius 3 is 2.62 bits per heavy atom. The minimum Gasteiger partial charge on any atom is -0.383 e. The van der Waals surface area contributed by atoms with Crippen molar-refractivity contribution in [2.45, 2.75) is 53.1 Å². The Kier molecular flexibility index (Phi) is 4.11. The Hall–Kier alpha value is -2.18. The molecule has 7 nitrogen and oxygen atoms in total. The van der Waals surface area contributed by atoms with Gasteiger partial charge in [0.25, 0.3) is 0 Å². The van der Waals surface area contributed by atoms with E-state index in [9.17, 15) is 0 Å². The molecular weight excluding hydrogens is 266 g/mol. The molecule has 114 valence electrons. The quantitative estimate of drug-likeness (QED) is 0.892. The van der Waals surface area contributed by atoms with E-state index in [2.05, 4.69) is 53.2 Å². The molecule has 0 saturated carbocycles. The van der Waals surface area contributed by atoms with Gasteiger partial charge in [-0.3, -0.25) is 0 Å². The van der Waals surface area contributed by atoms with E-state index in [0.717, 1.165) is 29.6 Å². The monoisotopic (exact) mass is 289 g/mol. The number of rotatable bonds is 4. The summed E-state index contributed by atoms with van der Waals surface area (Å²) in [6.07, 6.45) is 1.72. The zero-order valence-corrected chi connectivity index (χ0v) is 13.3. The predicted molar refractivity (Wildman–Crippen MR) is 82.9 cm³/mol.